The molecule has 8 rings (SSSR count). The maximum Gasteiger partial charge on any atom is 0.259 e. The van der Waals surface area contributed by atoms with E-state index in [2.05, 4.69) is 196 Å². The number of nitriles is 1. The van der Waals surface area contributed by atoms with Crippen LogP contribution in [0.2, 0.25) is 0 Å². The number of hydrogen-bond acceptors (Lipinski definition) is 7. The number of ether oxygens (including phenoxy) is 3. The number of rotatable bonds is 23. The van der Waals surface area contributed by atoms with Crippen molar-refractivity contribution in [2.24, 2.45) is 0 Å². The number of hydrogen-bond donors (Lipinski definition) is 0. The second kappa shape index (κ2) is 23.8. The van der Waals surface area contributed by atoms with Crippen LogP contribution in [0.15, 0.2) is 188 Å². The number of benzene rings is 7. The molecule has 0 radical (unpaired) electrons. The highest BCUT2D eigenvalue weighted by atomic mass is 31.2. The summed E-state index contributed by atoms with van der Waals surface area (Å²) in [6, 6.07) is 69.0. The molecule has 7 aromatic carbocycles. The fourth-order valence-electron chi connectivity index (χ4n) is 9.43. The normalized spacial score (nSPS) is 13.1. The highest BCUT2D eigenvalue weighted by Gasteiger charge is 2.38. The summed E-state index contributed by atoms with van der Waals surface area (Å²) in [5.74, 6) is 1.58. The Hall–Kier alpha value is -6.62. The molecule has 0 saturated carbocycles. The Kier molecular flexibility index (Phi) is 16.9. The summed E-state index contributed by atoms with van der Waals surface area (Å²) in [6.45, 7) is 9.98. The van der Waals surface area contributed by atoms with E-state index in [0.717, 1.165) is 34.6 Å². The van der Waals surface area contributed by atoms with E-state index in [9.17, 15) is 0 Å². The molecule has 1 aliphatic rings. The molecule has 0 heterocycles. The lowest BCUT2D eigenvalue weighted by Gasteiger charge is -2.36. The van der Waals surface area contributed by atoms with Crippen LogP contribution in [0.25, 0.3) is 22.3 Å². The van der Waals surface area contributed by atoms with E-state index in [4.69, 9.17) is 28.5 Å². The molecule has 7 nitrogen and oxygen atoms in total. The van der Waals surface area contributed by atoms with Crippen molar-refractivity contribution in [2.75, 3.05) is 34.0 Å². The van der Waals surface area contributed by atoms with Gasteiger partial charge in [-0.15, -0.1) is 0 Å². The molecule has 0 N–H and O–H groups in total. The zero-order valence-electron chi connectivity index (χ0n) is 41.2. The van der Waals surface area contributed by atoms with E-state index in [1.54, 1.807) is 14.2 Å². The Bertz CT molecular complexity index is 2800. The van der Waals surface area contributed by atoms with Crippen molar-refractivity contribution in [3.05, 3.63) is 238 Å². The Labute approximate surface area is 416 Å². The summed E-state index contributed by atoms with van der Waals surface area (Å²) < 4.78 is 33.2. The van der Waals surface area contributed by atoms with E-state index >= 15 is 0 Å². The Morgan fingerprint density at radius 3 is 1.23 bits per heavy atom. The monoisotopic (exact) mass is 946 g/mol. The molecule has 8 heteroatoms. The first-order valence-corrected chi connectivity index (χ1v) is 25.4. The second-order valence-corrected chi connectivity index (χ2v) is 19.3. The number of nitrogens with zero attached hydrogens (tertiary/aromatic N) is 2. The molecule has 1 aliphatic carbocycles. The molecular weight excluding hydrogens is 884 g/mol. The molecule has 0 fully saturated rings. The number of methoxy groups -OCH3 is 2. The van der Waals surface area contributed by atoms with Gasteiger partial charge in [-0.1, -0.05) is 164 Å². The predicted molar refractivity (Wildman–Crippen MR) is 286 cm³/mol. The molecule has 0 saturated heterocycles. The average Bonchev–Trinajstić information content (AvgIpc) is 3.39. The third-order valence-electron chi connectivity index (χ3n) is 12.7. The average molecular weight is 947 g/mol. The largest absolute Gasteiger partial charge is 0.497 e. The van der Waals surface area contributed by atoms with Gasteiger partial charge in [0.15, 0.2) is 0 Å². The molecule has 0 aromatic heterocycles. The molecule has 0 bridgehead atoms. The lowest BCUT2D eigenvalue weighted by atomic mass is 9.69. The van der Waals surface area contributed by atoms with Crippen LogP contribution in [-0.2, 0) is 32.2 Å². The van der Waals surface area contributed by atoms with Crippen LogP contribution >= 0.6 is 8.53 Å². The van der Waals surface area contributed by atoms with Crippen molar-refractivity contribution in [2.45, 2.75) is 64.6 Å². The summed E-state index contributed by atoms with van der Waals surface area (Å²) in [5.41, 5.74) is 14.2. The molecule has 1 unspecified atom stereocenters. The first kappa shape index (κ1) is 49.8. The predicted octanol–water partition coefficient (Wildman–Crippen LogP) is 14.6. The van der Waals surface area contributed by atoms with Gasteiger partial charge in [0.2, 0.25) is 0 Å². The van der Waals surface area contributed by atoms with Gasteiger partial charge in [-0.3, -0.25) is 0 Å². The third-order valence-corrected chi connectivity index (χ3v) is 14.9. The maximum atomic E-state index is 9.15. The van der Waals surface area contributed by atoms with E-state index in [0.29, 0.717) is 32.7 Å². The van der Waals surface area contributed by atoms with Crippen LogP contribution < -0.4 is 9.47 Å². The van der Waals surface area contributed by atoms with Crippen molar-refractivity contribution in [3.8, 4) is 17.6 Å². The molecule has 7 aromatic rings. The van der Waals surface area contributed by atoms with Gasteiger partial charge in [0.1, 0.15) is 17.1 Å². The van der Waals surface area contributed by atoms with Crippen molar-refractivity contribution < 1.29 is 23.3 Å². The Morgan fingerprint density at radius 2 is 0.829 bits per heavy atom. The van der Waals surface area contributed by atoms with Crippen LogP contribution in [0.1, 0.15) is 84.2 Å². The van der Waals surface area contributed by atoms with E-state index in [1.165, 1.54) is 55.7 Å². The molecular formula is C62H63N2O5P. The number of allylic oxidation sites excluding steroid dienone is 4. The molecule has 1 atom stereocenters. The summed E-state index contributed by atoms with van der Waals surface area (Å²) >= 11 is 0. The first-order chi connectivity index (χ1) is 34.2. The van der Waals surface area contributed by atoms with E-state index in [-0.39, 0.29) is 12.1 Å². The van der Waals surface area contributed by atoms with Gasteiger partial charge in [0.05, 0.1) is 46.5 Å². The van der Waals surface area contributed by atoms with Gasteiger partial charge in [0, 0.05) is 12.1 Å². The van der Waals surface area contributed by atoms with Crippen LogP contribution in [-0.4, -0.2) is 50.8 Å². The standard InChI is InChI=1S/C62H63N2O5P/c1-45(2)64(46(3)4)70(68-42-16-41-63)69-44-40-48-25-29-52(30-26-48)61-58(49-17-10-7-11-18-49)60(59(61)50-19-12-8-13-20-50)51-27-23-47(24-28-51)39-43-67-62(53-21-14-9-15-22-53,54-31-35-56(65-5)36-32-54)55-33-37-57(66-6)38-34-55/h7-15,17-38,45-46H,16,39-40,42-44H2,1-6H3. The van der Waals surface area contributed by atoms with Gasteiger partial charge < -0.3 is 23.3 Å². The summed E-state index contributed by atoms with van der Waals surface area (Å²) in [6.07, 6.45) is 1.79. The lowest BCUT2D eigenvalue weighted by Crippen LogP contribution is -2.33. The van der Waals surface area contributed by atoms with Gasteiger partial charge in [-0.25, -0.2) is 4.67 Å². The minimum absolute atomic E-state index is 0.250. The maximum absolute atomic E-state index is 9.15. The van der Waals surface area contributed by atoms with Crippen LogP contribution in [0, 0.1) is 11.3 Å². The van der Waals surface area contributed by atoms with Crippen LogP contribution in [0.5, 0.6) is 11.5 Å². The summed E-state index contributed by atoms with van der Waals surface area (Å²) in [5, 5.41) is 9.15. The Morgan fingerprint density at radius 1 is 0.457 bits per heavy atom. The molecule has 70 heavy (non-hydrogen) atoms. The molecule has 0 amide bonds. The van der Waals surface area contributed by atoms with Crippen LogP contribution in [0.3, 0.4) is 0 Å². The summed E-state index contributed by atoms with van der Waals surface area (Å²) in [4.78, 5) is 0. The highest BCUT2D eigenvalue weighted by molar-refractivity contribution is 7.44. The smallest absolute Gasteiger partial charge is 0.259 e. The molecule has 0 spiro atoms. The zero-order chi connectivity index (χ0) is 48.9. The third kappa shape index (κ3) is 11.2. The van der Waals surface area contributed by atoms with Crippen molar-refractivity contribution in [3.63, 3.8) is 0 Å². The molecule has 0 aliphatic heterocycles. The van der Waals surface area contributed by atoms with Crippen molar-refractivity contribution in [1.82, 2.24) is 4.67 Å². The van der Waals surface area contributed by atoms with E-state index < -0.39 is 14.1 Å². The molecule has 356 valence electrons. The topological polar surface area (TPSA) is 73.2 Å². The minimum Gasteiger partial charge on any atom is -0.497 e. The van der Waals surface area contributed by atoms with Gasteiger partial charge >= 0.3 is 0 Å². The van der Waals surface area contributed by atoms with Gasteiger partial charge in [-0.05, 0) is 137 Å². The van der Waals surface area contributed by atoms with Crippen molar-refractivity contribution >= 4 is 30.8 Å². The van der Waals surface area contributed by atoms with Gasteiger partial charge in [-0.2, -0.15) is 5.26 Å². The van der Waals surface area contributed by atoms with Crippen LogP contribution in [0.4, 0.5) is 0 Å². The van der Waals surface area contributed by atoms with E-state index in [1.807, 2.05) is 30.3 Å². The van der Waals surface area contributed by atoms with Gasteiger partial charge in [0.25, 0.3) is 8.53 Å². The second-order valence-electron chi connectivity index (χ2n) is 17.9. The van der Waals surface area contributed by atoms with Crippen molar-refractivity contribution in [1.29, 1.82) is 5.26 Å². The summed E-state index contributed by atoms with van der Waals surface area (Å²) in [7, 11) is 2.08. The highest BCUT2D eigenvalue weighted by Crippen LogP contribution is 2.56. The zero-order valence-corrected chi connectivity index (χ0v) is 42.1. The quantitative estimate of drug-likeness (QED) is 0.0359. The fraction of sp³-hybridized carbons (Fsp3) is 0.242. The fourth-order valence-corrected chi connectivity index (χ4v) is 11.0. The minimum atomic E-state index is -1.30. The first-order valence-electron chi connectivity index (χ1n) is 24.2. The SMILES string of the molecule is COc1ccc(C(OCCc2ccc(C3=C(c4ccccc4)C(c4ccc(CCOP(OCCC#N)N(C(C)C)C(C)C)cc4)=C3c3ccccc3)cc2)(c2ccccc2)c2ccc(OC)cc2)cc1. The lowest BCUT2D eigenvalue weighted by molar-refractivity contribution is 0.0147. The Balaban J connectivity index is 1.07.